The van der Waals surface area contributed by atoms with Crippen LogP contribution < -0.4 is 10.6 Å². The summed E-state index contributed by atoms with van der Waals surface area (Å²) in [5.74, 6) is -1.20. The van der Waals surface area contributed by atoms with E-state index in [1.165, 1.54) is 17.0 Å². The van der Waals surface area contributed by atoms with Crippen LogP contribution in [0, 0.1) is 5.82 Å². The van der Waals surface area contributed by atoms with Crippen LogP contribution in [-0.2, 0) is 23.0 Å². The van der Waals surface area contributed by atoms with Crippen LogP contribution in [0.4, 0.5) is 9.18 Å². The second-order valence-corrected chi connectivity index (χ2v) is 11.2. The van der Waals surface area contributed by atoms with Crippen molar-refractivity contribution in [3.8, 4) is 0 Å². The first-order chi connectivity index (χ1) is 20.3. The highest BCUT2D eigenvalue weighted by Crippen LogP contribution is 2.33. The number of fused-ring (bicyclic) bond motifs is 1. The Labute approximate surface area is 246 Å². The van der Waals surface area contributed by atoms with E-state index < -0.39 is 17.4 Å². The van der Waals surface area contributed by atoms with Crippen LogP contribution in [0.2, 0.25) is 0 Å². The van der Waals surface area contributed by atoms with Gasteiger partial charge in [-0.2, -0.15) is 0 Å². The Kier molecular flexibility index (Phi) is 9.23. The number of nitrogens with zero attached hydrogens (tertiary/aromatic N) is 3. The maximum Gasteiger partial charge on any atom is 0.328 e. The van der Waals surface area contributed by atoms with Crippen molar-refractivity contribution < 1.29 is 23.5 Å². The highest BCUT2D eigenvalue weighted by atomic mass is 19.1. The number of morpholine rings is 1. The smallest absolute Gasteiger partial charge is 0.328 e. The van der Waals surface area contributed by atoms with Crippen molar-refractivity contribution in [2.24, 2.45) is 7.05 Å². The van der Waals surface area contributed by atoms with E-state index >= 15 is 0 Å². The Morgan fingerprint density at radius 3 is 2.55 bits per heavy atom. The molecule has 2 heterocycles. The van der Waals surface area contributed by atoms with Gasteiger partial charge in [0.2, 0.25) is 0 Å². The maximum absolute atomic E-state index is 14.5. The number of imide groups is 1. The van der Waals surface area contributed by atoms with Gasteiger partial charge in [-0.25, -0.2) is 9.18 Å². The summed E-state index contributed by atoms with van der Waals surface area (Å²) in [6, 6.07) is 15.4. The van der Waals surface area contributed by atoms with Crippen molar-refractivity contribution >= 4 is 28.7 Å². The number of nitrogens with one attached hydrogen (secondary N) is 2. The van der Waals surface area contributed by atoms with Crippen molar-refractivity contribution in [3.63, 3.8) is 0 Å². The molecule has 5 rings (SSSR count). The molecule has 1 saturated heterocycles. The molecule has 0 radical (unpaired) electrons. The Morgan fingerprint density at radius 1 is 1.10 bits per heavy atom. The number of carbonyl (C=O) groups excluding carboxylic acids is 3. The van der Waals surface area contributed by atoms with Gasteiger partial charge in [-0.1, -0.05) is 50.1 Å². The van der Waals surface area contributed by atoms with E-state index in [0.29, 0.717) is 68.6 Å². The van der Waals surface area contributed by atoms with Crippen LogP contribution in [-0.4, -0.2) is 76.8 Å². The van der Waals surface area contributed by atoms with Crippen molar-refractivity contribution in [3.05, 3.63) is 71.7 Å². The zero-order chi connectivity index (χ0) is 29.7. The second-order valence-electron chi connectivity index (χ2n) is 11.2. The van der Waals surface area contributed by atoms with E-state index in [1.807, 2.05) is 37.3 Å². The van der Waals surface area contributed by atoms with E-state index in [1.54, 1.807) is 28.6 Å². The van der Waals surface area contributed by atoms with E-state index in [0.717, 1.165) is 18.4 Å². The fraction of sp³-hybridized carbons (Fsp3) is 0.469. The summed E-state index contributed by atoms with van der Waals surface area (Å²) in [6.07, 6.45) is 3.24. The number of rotatable bonds is 9. The van der Waals surface area contributed by atoms with Gasteiger partial charge in [0.25, 0.3) is 11.8 Å². The quantitative estimate of drug-likeness (QED) is 0.397. The Morgan fingerprint density at radius 2 is 1.86 bits per heavy atom. The number of benzene rings is 2. The van der Waals surface area contributed by atoms with Gasteiger partial charge in [-0.15, -0.1) is 0 Å². The molecule has 9 nitrogen and oxygen atoms in total. The SMILES string of the molecule is CCCN(C(=O)N(CCc1ccccc1)C(=O)C1(NC(=O)c2cc3cc(F)ccc3n2C)CCCC1)[C@@H]1COCCN1. The predicted octanol–water partition coefficient (Wildman–Crippen LogP) is 4.21. The Hall–Kier alpha value is -3.76. The lowest BCUT2D eigenvalue weighted by atomic mass is 9.94. The fourth-order valence-electron chi connectivity index (χ4n) is 6.15. The maximum atomic E-state index is 14.5. The van der Waals surface area contributed by atoms with Crippen LogP contribution in [0.25, 0.3) is 10.9 Å². The monoisotopic (exact) mass is 577 g/mol. The molecular weight excluding hydrogens is 537 g/mol. The lowest BCUT2D eigenvalue weighted by molar-refractivity contribution is -0.135. The van der Waals surface area contributed by atoms with E-state index in [2.05, 4.69) is 10.6 Å². The number of aromatic nitrogens is 1. The lowest BCUT2D eigenvalue weighted by Crippen LogP contribution is -2.64. The summed E-state index contributed by atoms with van der Waals surface area (Å²) in [5.41, 5.74) is 0.828. The van der Waals surface area contributed by atoms with Crippen LogP contribution in [0.15, 0.2) is 54.6 Å². The first-order valence-corrected chi connectivity index (χ1v) is 14.9. The summed E-state index contributed by atoms with van der Waals surface area (Å²) in [4.78, 5) is 45.5. The molecule has 224 valence electrons. The van der Waals surface area contributed by atoms with Crippen LogP contribution in [0.1, 0.15) is 55.1 Å². The van der Waals surface area contributed by atoms with Gasteiger partial charge in [-0.05, 0) is 55.5 Å². The summed E-state index contributed by atoms with van der Waals surface area (Å²) in [7, 11) is 1.75. The highest BCUT2D eigenvalue weighted by molar-refractivity contribution is 6.05. The molecule has 1 aliphatic heterocycles. The topological polar surface area (TPSA) is 95.9 Å². The van der Waals surface area contributed by atoms with Gasteiger partial charge in [-0.3, -0.25) is 19.8 Å². The molecule has 1 atom stereocenters. The zero-order valence-corrected chi connectivity index (χ0v) is 24.4. The van der Waals surface area contributed by atoms with Gasteiger partial charge in [0.15, 0.2) is 0 Å². The Bertz CT molecular complexity index is 1410. The first-order valence-electron chi connectivity index (χ1n) is 14.9. The molecule has 0 bridgehead atoms. The van der Waals surface area contributed by atoms with Crippen molar-refractivity contribution in [2.45, 2.75) is 57.2 Å². The van der Waals surface area contributed by atoms with Gasteiger partial charge >= 0.3 is 6.03 Å². The van der Waals surface area contributed by atoms with Crippen molar-refractivity contribution in [1.82, 2.24) is 25.0 Å². The van der Waals surface area contributed by atoms with Crippen molar-refractivity contribution in [2.75, 3.05) is 32.8 Å². The predicted molar refractivity (Wildman–Crippen MR) is 158 cm³/mol. The summed E-state index contributed by atoms with van der Waals surface area (Å²) >= 11 is 0. The molecule has 0 spiro atoms. The Balaban J connectivity index is 1.45. The number of urea groups is 1. The molecule has 4 amide bonds. The van der Waals surface area contributed by atoms with Crippen LogP contribution in [0.3, 0.4) is 0 Å². The summed E-state index contributed by atoms with van der Waals surface area (Å²) in [6.45, 7) is 4.16. The molecular formula is C32H40FN5O4. The number of hydrogen-bond donors (Lipinski definition) is 2. The number of ether oxygens (including phenoxy) is 1. The minimum atomic E-state index is -1.22. The summed E-state index contributed by atoms with van der Waals surface area (Å²) < 4.78 is 21.2. The van der Waals surface area contributed by atoms with E-state index in [9.17, 15) is 18.8 Å². The number of amides is 4. The number of carbonyl (C=O) groups is 3. The molecule has 1 aromatic heterocycles. The van der Waals surface area contributed by atoms with E-state index in [-0.39, 0.29) is 24.6 Å². The molecule has 2 aliphatic rings. The van der Waals surface area contributed by atoms with Gasteiger partial charge in [0.1, 0.15) is 23.2 Å². The first kappa shape index (κ1) is 29.7. The van der Waals surface area contributed by atoms with Crippen LogP contribution >= 0.6 is 0 Å². The molecule has 3 aromatic rings. The second kappa shape index (κ2) is 13.0. The molecule has 42 heavy (non-hydrogen) atoms. The van der Waals surface area contributed by atoms with Crippen molar-refractivity contribution in [1.29, 1.82) is 0 Å². The van der Waals surface area contributed by atoms with Gasteiger partial charge in [0, 0.05) is 37.6 Å². The summed E-state index contributed by atoms with van der Waals surface area (Å²) in [5, 5.41) is 7.01. The molecule has 0 unspecified atom stereocenters. The van der Waals surface area contributed by atoms with Gasteiger partial charge in [0.05, 0.1) is 13.2 Å². The third-order valence-corrected chi connectivity index (χ3v) is 8.39. The standard InChI is InChI=1S/C32H40FN5O4/c1-3-17-37(28-22-42-19-16-34-28)31(41)38(18-13-23-9-5-4-6-10-23)30(40)32(14-7-8-15-32)35-29(39)27-21-24-20-25(33)11-12-26(24)36(27)2/h4-6,9-12,20-21,28,34H,3,7-8,13-19,22H2,1-2H3,(H,35,39)/t28-/m1/s1. The lowest BCUT2D eigenvalue weighted by Gasteiger charge is -2.40. The van der Waals surface area contributed by atoms with Crippen LogP contribution in [0.5, 0.6) is 0 Å². The average molecular weight is 578 g/mol. The fourth-order valence-corrected chi connectivity index (χ4v) is 6.15. The minimum Gasteiger partial charge on any atom is -0.377 e. The molecule has 2 aromatic carbocycles. The minimum absolute atomic E-state index is 0.181. The molecule has 2 N–H and O–H groups in total. The zero-order valence-electron chi connectivity index (χ0n) is 24.4. The normalized spacial score (nSPS) is 18.1. The molecule has 2 fully saturated rings. The highest BCUT2D eigenvalue weighted by Gasteiger charge is 2.47. The third-order valence-electron chi connectivity index (χ3n) is 8.39. The molecule has 1 aliphatic carbocycles. The number of hydrogen-bond acceptors (Lipinski definition) is 5. The molecule has 1 saturated carbocycles. The number of halogens is 1. The number of aryl methyl sites for hydroxylation is 1. The van der Waals surface area contributed by atoms with E-state index in [4.69, 9.17) is 4.74 Å². The largest absolute Gasteiger partial charge is 0.377 e. The average Bonchev–Trinajstić information content (AvgIpc) is 3.61. The molecule has 10 heteroatoms. The third kappa shape index (κ3) is 6.19. The van der Waals surface area contributed by atoms with Gasteiger partial charge < -0.3 is 19.5 Å².